The summed E-state index contributed by atoms with van der Waals surface area (Å²) in [4.78, 5) is 19.6. The second-order valence-electron chi connectivity index (χ2n) is 7.26. The number of nitrogens with zero attached hydrogens (tertiary/aromatic N) is 2. The van der Waals surface area contributed by atoms with Gasteiger partial charge in [0.15, 0.2) is 5.17 Å². The maximum atomic E-state index is 13.2. The highest BCUT2D eigenvalue weighted by molar-refractivity contribution is 9.11. The number of carbonyl (C=O) groups is 1. The third-order valence-corrected chi connectivity index (χ3v) is 7.31. The van der Waals surface area contributed by atoms with Crippen LogP contribution >= 0.6 is 55.2 Å². The van der Waals surface area contributed by atoms with Crippen molar-refractivity contribution in [1.82, 2.24) is 4.90 Å². The number of hydrogen-bond donors (Lipinski definition) is 0. The first-order valence-electron chi connectivity index (χ1n) is 10.3. The summed E-state index contributed by atoms with van der Waals surface area (Å²) >= 11 is 14.4. The molecule has 1 aliphatic heterocycles. The molecular formula is C25H18Br2ClFN2O2S. The van der Waals surface area contributed by atoms with Crippen molar-refractivity contribution in [3.8, 4) is 5.75 Å². The van der Waals surface area contributed by atoms with E-state index in [1.165, 1.54) is 23.9 Å². The Labute approximate surface area is 223 Å². The molecule has 1 heterocycles. The lowest BCUT2D eigenvalue weighted by molar-refractivity contribution is -0.122. The van der Waals surface area contributed by atoms with Crippen LogP contribution in [-0.2, 0) is 11.4 Å². The second kappa shape index (κ2) is 11.1. The molecule has 0 bridgehead atoms. The lowest BCUT2D eigenvalue weighted by Crippen LogP contribution is -2.28. The van der Waals surface area contributed by atoms with E-state index < -0.39 is 0 Å². The Balaban J connectivity index is 1.55. The molecule has 0 saturated carbocycles. The third-order valence-electron chi connectivity index (χ3n) is 4.87. The summed E-state index contributed by atoms with van der Waals surface area (Å²) < 4.78 is 20.7. The van der Waals surface area contributed by atoms with Gasteiger partial charge in [0.2, 0.25) is 0 Å². The fraction of sp³-hybridized carbons (Fsp3) is 0.120. The van der Waals surface area contributed by atoms with Gasteiger partial charge in [0.05, 0.1) is 19.5 Å². The average molecular weight is 625 g/mol. The van der Waals surface area contributed by atoms with E-state index in [1.807, 2.05) is 49.4 Å². The standard InChI is InChI=1S/C25H18Br2ClFN2O2S/c1-2-31-24(32)22(34-25(31)30-19-9-7-18(29)8-10-19)13-16-11-20(26)23(21(27)12-16)33-14-15-3-5-17(28)6-4-15/h3-13H,2,14H2,1H3/b22-13+,30-25?. The number of thioether (sulfide) groups is 1. The van der Waals surface area contributed by atoms with Crippen LogP contribution in [0.5, 0.6) is 5.75 Å². The minimum atomic E-state index is -0.330. The maximum absolute atomic E-state index is 13.2. The van der Waals surface area contributed by atoms with Crippen LogP contribution in [0.3, 0.4) is 0 Å². The Kier molecular flexibility index (Phi) is 8.14. The van der Waals surface area contributed by atoms with Crippen LogP contribution in [0, 0.1) is 5.82 Å². The van der Waals surface area contributed by atoms with Crippen molar-refractivity contribution in [2.75, 3.05) is 6.54 Å². The number of carbonyl (C=O) groups excluding carboxylic acids is 1. The van der Waals surface area contributed by atoms with Crippen LogP contribution in [0.25, 0.3) is 6.08 Å². The van der Waals surface area contributed by atoms with E-state index in [2.05, 4.69) is 36.9 Å². The number of ether oxygens (including phenoxy) is 1. The molecule has 0 radical (unpaired) electrons. The van der Waals surface area contributed by atoms with Crippen LogP contribution in [-0.4, -0.2) is 22.5 Å². The van der Waals surface area contributed by atoms with Crippen molar-refractivity contribution < 1.29 is 13.9 Å². The zero-order chi connectivity index (χ0) is 24.2. The molecule has 9 heteroatoms. The number of benzene rings is 3. The SMILES string of the molecule is CCN1C(=O)/C(=C\c2cc(Br)c(OCc3ccc(Cl)cc3)c(Br)c2)SC1=Nc1ccc(F)cc1. The quantitative estimate of drug-likeness (QED) is 0.260. The summed E-state index contributed by atoms with van der Waals surface area (Å²) in [6.07, 6.45) is 1.82. The predicted molar refractivity (Wildman–Crippen MR) is 144 cm³/mol. The Morgan fingerprint density at radius 3 is 2.35 bits per heavy atom. The first-order chi connectivity index (χ1) is 16.3. The van der Waals surface area contributed by atoms with Gasteiger partial charge in [-0.15, -0.1) is 0 Å². The van der Waals surface area contributed by atoms with Crippen molar-refractivity contribution in [3.05, 3.63) is 96.5 Å². The Hall–Kier alpha value is -2.13. The highest BCUT2D eigenvalue weighted by Crippen LogP contribution is 2.38. The molecule has 1 fully saturated rings. The van der Waals surface area contributed by atoms with Gasteiger partial charge < -0.3 is 4.74 Å². The van der Waals surface area contributed by atoms with Crippen molar-refractivity contribution in [1.29, 1.82) is 0 Å². The topological polar surface area (TPSA) is 41.9 Å². The molecule has 0 unspecified atom stereocenters. The van der Waals surface area contributed by atoms with Crippen LogP contribution < -0.4 is 4.74 Å². The third kappa shape index (κ3) is 5.92. The Bertz CT molecular complexity index is 1260. The van der Waals surface area contributed by atoms with Gasteiger partial charge >= 0.3 is 0 Å². The fourth-order valence-electron chi connectivity index (χ4n) is 3.18. The van der Waals surface area contributed by atoms with E-state index in [0.29, 0.717) is 39.7 Å². The van der Waals surface area contributed by atoms with E-state index in [1.54, 1.807) is 17.0 Å². The van der Waals surface area contributed by atoms with Crippen LogP contribution in [0.1, 0.15) is 18.1 Å². The summed E-state index contributed by atoms with van der Waals surface area (Å²) in [6, 6.07) is 17.1. The highest BCUT2D eigenvalue weighted by atomic mass is 79.9. The molecule has 3 aromatic carbocycles. The van der Waals surface area contributed by atoms with Crippen molar-refractivity contribution in [2.45, 2.75) is 13.5 Å². The number of rotatable bonds is 6. The Morgan fingerprint density at radius 2 is 1.74 bits per heavy atom. The molecule has 1 saturated heterocycles. The molecule has 3 aromatic rings. The van der Waals surface area contributed by atoms with Gasteiger partial charge in [-0.1, -0.05) is 23.7 Å². The smallest absolute Gasteiger partial charge is 0.266 e. The number of aliphatic imine (C=N–C) groups is 1. The molecule has 34 heavy (non-hydrogen) atoms. The van der Waals surface area contributed by atoms with Crippen molar-refractivity contribution in [3.63, 3.8) is 0 Å². The van der Waals surface area contributed by atoms with Crippen LogP contribution in [0.15, 0.2) is 79.5 Å². The van der Waals surface area contributed by atoms with Gasteiger partial charge in [-0.3, -0.25) is 9.69 Å². The van der Waals surface area contributed by atoms with Crippen molar-refractivity contribution >= 4 is 78.1 Å². The normalized spacial score (nSPS) is 16.0. The minimum Gasteiger partial charge on any atom is -0.487 e. The second-order valence-corrected chi connectivity index (χ2v) is 10.4. The van der Waals surface area contributed by atoms with E-state index in [4.69, 9.17) is 16.3 Å². The number of amides is 1. The molecule has 0 atom stereocenters. The number of likely N-dealkylation sites (N-methyl/N-ethyl adjacent to an activating group) is 1. The summed E-state index contributed by atoms with van der Waals surface area (Å²) in [7, 11) is 0. The van der Waals surface area contributed by atoms with Crippen LogP contribution in [0.4, 0.5) is 10.1 Å². The lowest BCUT2D eigenvalue weighted by atomic mass is 10.2. The molecule has 1 aliphatic rings. The molecule has 0 aromatic heterocycles. The van der Waals surface area contributed by atoms with Gasteiger partial charge in [0.25, 0.3) is 5.91 Å². The zero-order valence-electron chi connectivity index (χ0n) is 17.9. The Morgan fingerprint density at radius 1 is 1.09 bits per heavy atom. The van der Waals surface area contributed by atoms with E-state index in [-0.39, 0.29) is 11.7 Å². The van der Waals surface area contributed by atoms with Gasteiger partial charge in [-0.05, 0) is 116 Å². The summed E-state index contributed by atoms with van der Waals surface area (Å²) in [5.41, 5.74) is 2.41. The molecule has 4 rings (SSSR count). The molecule has 0 spiro atoms. The largest absolute Gasteiger partial charge is 0.487 e. The van der Waals surface area contributed by atoms with Gasteiger partial charge in [-0.25, -0.2) is 9.38 Å². The van der Waals surface area contributed by atoms with E-state index in [9.17, 15) is 9.18 Å². The summed E-state index contributed by atoms with van der Waals surface area (Å²) in [6.45, 7) is 2.76. The molecule has 174 valence electrons. The zero-order valence-corrected chi connectivity index (χ0v) is 22.6. The highest BCUT2D eigenvalue weighted by Gasteiger charge is 2.32. The first kappa shape index (κ1) is 25.0. The van der Waals surface area contributed by atoms with Crippen molar-refractivity contribution in [2.24, 2.45) is 4.99 Å². The summed E-state index contributed by atoms with van der Waals surface area (Å²) in [5, 5.41) is 1.24. The number of halogens is 4. The maximum Gasteiger partial charge on any atom is 0.266 e. The number of hydrogen-bond acceptors (Lipinski definition) is 4. The number of amidine groups is 1. The minimum absolute atomic E-state index is 0.122. The monoisotopic (exact) mass is 622 g/mol. The van der Waals surface area contributed by atoms with Gasteiger partial charge in [0, 0.05) is 11.6 Å². The average Bonchev–Trinajstić information content (AvgIpc) is 3.09. The lowest BCUT2D eigenvalue weighted by Gasteiger charge is -2.12. The van der Waals surface area contributed by atoms with E-state index >= 15 is 0 Å². The first-order valence-corrected chi connectivity index (χ1v) is 13.0. The predicted octanol–water partition coefficient (Wildman–Crippen LogP) is 8.21. The summed E-state index contributed by atoms with van der Waals surface area (Å²) in [5.74, 6) is 0.212. The molecule has 4 nitrogen and oxygen atoms in total. The van der Waals surface area contributed by atoms with Gasteiger partial charge in [-0.2, -0.15) is 0 Å². The molecule has 0 N–H and O–H groups in total. The molecule has 0 aliphatic carbocycles. The molecule has 1 amide bonds. The fourth-order valence-corrected chi connectivity index (χ4v) is 5.82. The van der Waals surface area contributed by atoms with E-state index in [0.717, 1.165) is 20.1 Å². The molecular weight excluding hydrogens is 607 g/mol. The van der Waals surface area contributed by atoms with Gasteiger partial charge in [0.1, 0.15) is 18.2 Å². The van der Waals surface area contributed by atoms with Crippen LogP contribution in [0.2, 0.25) is 5.02 Å².